The van der Waals surface area contributed by atoms with Gasteiger partial charge in [0.15, 0.2) is 0 Å². The number of hydrazine groups is 1. The van der Waals surface area contributed by atoms with E-state index >= 15 is 0 Å². The van der Waals surface area contributed by atoms with Gasteiger partial charge in [-0.2, -0.15) is 0 Å². The van der Waals surface area contributed by atoms with E-state index in [0.29, 0.717) is 5.96 Å². The highest BCUT2D eigenvalue weighted by Gasteiger charge is 2.02. The molecule has 4 N–H and O–H groups in total. The number of fused-ring (bicyclic) bond motifs is 1. The second-order valence-corrected chi connectivity index (χ2v) is 4.38. The molecule has 0 radical (unpaired) electrons. The number of unbranched alkanes of at least 4 members (excludes halogenated alkanes) is 1. The van der Waals surface area contributed by atoms with E-state index in [1.165, 1.54) is 5.39 Å². The van der Waals surface area contributed by atoms with E-state index in [9.17, 15) is 0 Å². The topological polar surface area (TPSA) is 62.4 Å². The van der Waals surface area contributed by atoms with Crippen molar-refractivity contribution in [1.29, 1.82) is 0 Å². The molecule has 2 rings (SSSR count). The van der Waals surface area contributed by atoms with Crippen LogP contribution in [-0.4, -0.2) is 12.5 Å². The van der Waals surface area contributed by atoms with Crippen LogP contribution in [0.15, 0.2) is 47.5 Å². The van der Waals surface area contributed by atoms with Gasteiger partial charge in [0.05, 0.1) is 0 Å². The second-order valence-electron chi connectivity index (χ2n) is 4.38. The predicted octanol–water partition coefficient (Wildman–Crippen LogP) is 2.87. The molecule has 0 bridgehead atoms. The number of benzene rings is 2. The van der Waals surface area contributed by atoms with E-state index in [0.717, 1.165) is 30.5 Å². The van der Waals surface area contributed by atoms with Crippen LogP contribution in [0, 0.1) is 0 Å². The van der Waals surface area contributed by atoms with Crippen LogP contribution in [0.5, 0.6) is 0 Å². The first kappa shape index (κ1) is 13.4. The van der Waals surface area contributed by atoms with Crippen molar-refractivity contribution in [3.8, 4) is 0 Å². The Bertz CT molecular complexity index is 558. The fourth-order valence-electron chi connectivity index (χ4n) is 1.93. The van der Waals surface area contributed by atoms with E-state index < -0.39 is 0 Å². The maximum atomic E-state index is 5.50. The van der Waals surface area contributed by atoms with Gasteiger partial charge in [-0.25, -0.2) is 5.84 Å². The van der Waals surface area contributed by atoms with Gasteiger partial charge in [-0.3, -0.25) is 10.4 Å². The van der Waals surface area contributed by atoms with Crippen molar-refractivity contribution >= 4 is 22.4 Å². The first-order valence-electron chi connectivity index (χ1n) is 6.61. The molecule has 0 heterocycles. The number of hydrogen-bond donors (Lipinski definition) is 3. The van der Waals surface area contributed by atoms with Gasteiger partial charge in [-0.15, -0.1) is 0 Å². The molecule has 0 spiro atoms. The lowest BCUT2D eigenvalue weighted by Crippen LogP contribution is -2.36. The molecule has 100 valence electrons. The largest absolute Gasteiger partial charge is 0.325 e. The lowest BCUT2D eigenvalue weighted by atomic mass is 10.1. The van der Waals surface area contributed by atoms with Crippen LogP contribution in [-0.2, 0) is 0 Å². The second kappa shape index (κ2) is 6.75. The molecule has 0 fully saturated rings. The Morgan fingerprint density at radius 1 is 1.16 bits per heavy atom. The Morgan fingerprint density at radius 3 is 2.74 bits per heavy atom. The Labute approximate surface area is 113 Å². The van der Waals surface area contributed by atoms with Gasteiger partial charge >= 0.3 is 0 Å². The summed E-state index contributed by atoms with van der Waals surface area (Å²) in [4.78, 5) is 4.40. The SMILES string of the molecule is CCCCN=C(NN)Nc1cccc2ccccc12. The van der Waals surface area contributed by atoms with Gasteiger partial charge in [-0.1, -0.05) is 49.7 Å². The van der Waals surface area contributed by atoms with Gasteiger partial charge in [0, 0.05) is 17.6 Å². The van der Waals surface area contributed by atoms with Crippen LogP contribution in [0.4, 0.5) is 5.69 Å². The average Bonchev–Trinajstić information content (AvgIpc) is 2.46. The molecule has 0 saturated heterocycles. The summed E-state index contributed by atoms with van der Waals surface area (Å²) >= 11 is 0. The van der Waals surface area contributed by atoms with Crippen molar-refractivity contribution in [2.24, 2.45) is 10.8 Å². The zero-order valence-corrected chi connectivity index (χ0v) is 11.2. The number of nitrogens with two attached hydrogens (primary N) is 1. The summed E-state index contributed by atoms with van der Waals surface area (Å²) in [6.07, 6.45) is 2.18. The first-order chi connectivity index (χ1) is 9.35. The zero-order valence-electron chi connectivity index (χ0n) is 11.2. The van der Waals surface area contributed by atoms with Crippen LogP contribution in [0.2, 0.25) is 0 Å². The quantitative estimate of drug-likeness (QED) is 0.259. The number of hydrogen-bond acceptors (Lipinski definition) is 2. The summed E-state index contributed by atoms with van der Waals surface area (Å²) < 4.78 is 0. The average molecular weight is 256 g/mol. The van der Waals surface area contributed by atoms with Crippen LogP contribution in [0.25, 0.3) is 10.8 Å². The van der Waals surface area contributed by atoms with Gasteiger partial charge in [0.2, 0.25) is 5.96 Å². The summed E-state index contributed by atoms with van der Waals surface area (Å²) in [7, 11) is 0. The third-order valence-electron chi connectivity index (χ3n) is 2.96. The molecule has 0 amide bonds. The molecule has 2 aromatic rings. The van der Waals surface area contributed by atoms with Crippen LogP contribution in [0.3, 0.4) is 0 Å². The maximum Gasteiger partial charge on any atom is 0.210 e. The molecular formula is C15H20N4. The van der Waals surface area contributed by atoms with Crippen molar-refractivity contribution in [3.05, 3.63) is 42.5 Å². The minimum atomic E-state index is 0.602. The molecule has 0 aliphatic heterocycles. The van der Waals surface area contributed by atoms with Gasteiger partial charge in [-0.05, 0) is 17.9 Å². The van der Waals surface area contributed by atoms with Crippen LogP contribution >= 0.6 is 0 Å². The summed E-state index contributed by atoms with van der Waals surface area (Å²) in [5, 5.41) is 5.59. The molecule has 4 heteroatoms. The Hall–Kier alpha value is -2.07. The summed E-state index contributed by atoms with van der Waals surface area (Å²) in [5.41, 5.74) is 3.62. The Morgan fingerprint density at radius 2 is 1.95 bits per heavy atom. The van der Waals surface area contributed by atoms with Gasteiger partial charge < -0.3 is 5.32 Å². The highest BCUT2D eigenvalue weighted by atomic mass is 15.3. The molecule has 2 aromatic carbocycles. The van der Waals surface area contributed by atoms with Crippen LogP contribution < -0.4 is 16.6 Å². The van der Waals surface area contributed by atoms with Gasteiger partial charge in [0.25, 0.3) is 0 Å². The Kier molecular flexibility index (Phi) is 4.75. The molecule has 4 nitrogen and oxygen atoms in total. The fraction of sp³-hybridized carbons (Fsp3) is 0.267. The summed E-state index contributed by atoms with van der Waals surface area (Å²) in [5.74, 6) is 6.11. The third kappa shape index (κ3) is 3.45. The van der Waals surface area contributed by atoms with Crippen molar-refractivity contribution in [3.63, 3.8) is 0 Å². The van der Waals surface area contributed by atoms with Crippen molar-refractivity contribution in [2.45, 2.75) is 19.8 Å². The zero-order chi connectivity index (χ0) is 13.5. The van der Waals surface area contributed by atoms with E-state index in [4.69, 9.17) is 5.84 Å². The number of rotatable bonds is 4. The smallest absolute Gasteiger partial charge is 0.210 e. The van der Waals surface area contributed by atoms with Crippen LogP contribution in [0.1, 0.15) is 19.8 Å². The van der Waals surface area contributed by atoms with Gasteiger partial charge in [0.1, 0.15) is 0 Å². The van der Waals surface area contributed by atoms with E-state index in [1.807, 2.05) is 24.3 Å². The molecule has 0 atom stereocenters. The molecule has 0 aromatic heterocycles. The van der Waals surface area contributed by atoms with Crippen molar-refractivity contribution < 1.29 is 0 Å². The number of guanidine groups is 1. The highest BCUT2D eigenvalue weighted by Crippen LogP contribution is 2.22. The van der Waals surface area contributed by atoms with E-state index in [-0.39, 0.29) is 0 Å². The van der Waals surface area contributed by atoms with Crippen molar-refractivity contribution in [1.82, 2.24) is 5.43 Å². The predicted molar refractivity (Wildman–Crippen MR) is 82.1 cm³/mol. The molecule has 0 saturated carbocycles. The standard InChI is InChI=1S/C15H20N4/c1-2-3-11-17-15(19-16)18-14-10-6-8-12-7-4-5-9-13(12)14/h4-10H,2-3,11,16H2,1H3,(H2,17,18,19). The minimum absolute atomic E-state index is 0.602. The third-order valence-corrected chi connectivity index (χ3v) is 2.96. The maximum absolute atomic E-state index is 5.50. The van der Waals surface area contributed by atoms with Crippen molar-refractivity contribution in [2.75, 3.05) is 11.9 Å². The lowest BCUT2D eigenvalue weighted by molar-refractivity contribution is 0.801. The fourth-order valence-corrected chi connectivity index (χ4v) is 1.93. The number of nitrogens with zero attached hydrogens (tertiary/aromatic N) is 1. The number of nitrogens with one attached hydrogen (secondary N) is 2. The summed E-state index contributed by atoms with van der Waals surface area (Å²) in [6.45, 7) is 2.91. The van der Waals surface area contributed by atoms with E-state index in [2.05, 4.69) is 40.9 Å². The monoisotopic (exact) mass is 256 g/mol. The minimum Gasteiger partial charge on any atom is -0.325 e. The summed E-state index contributed by atoms with van der Waals surface area (Å²) in [6, 6.07) is 14.4. The molecular weight excluding hydrogens is 236 g/mol. The lowest BCUT2D eigenvalue weighted by Gasteiger charge is -2.11. The normalized spacial score (nSPS) is 11.6. The highest BCUT2D eigenvalue weighted by molar-refractivity contribution is 6.03. The number of aliphatic imine (C=N–C) groups is 1. The number of anilines is 1. The molecule has 19 heavy (non-hydrogen) atoms. The molecule has 0 unspecified atom stereocenters. The first-order valence-corrected chi connectivity index (χ1v) is 6.61. The molecule has 0 aliphatic carbocycles. The Balaban J connectivity index is 2.22. The van der Waals surface area contributed by atoms with E-state index in [1.54, 1.807) is 0 Å². The molecule has 0 aliphatic rings.